The highest BCUT2D eigenvalue weighted by atomic mass is 127. The lowest BCUT2D eigenvalue weighted by atomic mass is 10.1. The van der Waals surface area contributed by atoms with Gasteiger partial charge in [-0.15, -0.1) is 6.42 Å². The number of benzene rings is 2. The smallest absolute Gasteiger partial charge is 0.416 e. The van der Waals surface area contributed by atoms with Crippen LogP contribution >= 0.6 is 22.6 Å². The summed E-state index contributed by atoms with van der Waals surface area (Å²) in [5.41, 5.74) is 0.917. The monoisotopic (exact) mass is 533 g/mol. The van der Waals surface area contributed by atoms with Crippen LogP contribution in [0.1, 0.15) is 18.1 Å². The summed E-state index contributed by atoms with van der Waals surface area (Å²) >= 11 is 2.03. The van der Waals surface area contributed by atoms with Crippen LogP contribution in [0.4, 0.5) is 24.5 Å². The minimum absolute atomic E-state index is 0.0582. The van der Waals surface area contributed by atoms with E-state index in [0.717, 1.165) is 12.1 Å². The van der Waals surface area contributed by atoms with Gasteiger partial charge in [0.15, 0.2) is 11.5 Å². The Kier molecular flexibility index (Phi) is 7.87. The number of nitrogens with one attached hydrogen (secondary N) is 1. The minimum Gasteiger partial charge on any atom is -0.490 e. The van der Waals surface area contributed by atoms with Gasteiger partial charge in [0.2, 0.25) is 0 Å². The van der Waals surface area contributed by atoms with Gasteiger partial charge in [-0.3, -0.25) is 15.5 Å². The topological polar surface area (TPSA) is 86.0 Å². The van der Waals surface area contributed by atoms with Crippen molar-refractivity contribution in [3.8, 4) is 23.8 Å². The highest BCUT2D eigenvalue weighted by Gasteiger charge is 2.33. The van der Waals surface area contributed by atoms with Crippen molar-refractivity contribution < 1.29 is 27.6 Å². The number of hydrogen-bond acceptors (Lipinski definition) is 6. The highest BCUT2D eigenvalue weighted by molar-refractivity contribution is 14.1. The van der Waals surface area contributed by atoms with Crippen LogP contribution in [0.15, 0.2) is 35.4 Å². The zero-order valence-electron chi connectivity index (χ0n) is 15.5. The minimum atomic E-state index is -4.69. The Morgan fingerprint density at radius 1 is 1.33 bits per heavy atom. The van der Waals surface area contributed by atoms with E-state index in [0.29, 0.717) is 33.3 Å². The molecule has 0 aliphatic rings. The summed E-state index contributed by atoms with van der Waals surface area (Å²) in [6.07, 6.45) is 1.86. The molecule has 0 saturated carbocycles. The standard InChI is InChI=1S/C19H15F3IN3O4/c1-3-7-30-18-14(23)8-12(9-17(18)29-4-2)11-24-25-15-6-5-13(19(20,21)22)10-16(15)26(27)28/h1,5-6,8-11,25H,4,7H2,2H3/b24-11-. The number of ether oxygens (including phenoxy) is 2. The van der Waals surface area contributed by atoms with Gasteiger partial charge in [-0.2, -0.15) is 18.3 Å². The second kappa shape index (κ2) is 10.1. The molecule has 30 heavy (non-hydrogen) atoms. The zero-order chi connectivity index (χ0) is 22.3. The van der Waals surface area contributed by atoms with Crippen molar-refractivity contribution in [1.82, 2.24) is 0 Å². The van der Waals surface area contributed by atoms with Gasteiger partial charge in [0, 0.05) is 6.07 Å². The number of nitrogens with zero attached hydrogens (tertiary/aromatic N) is 2. The summed E-state index contributed by atoms with van der Waals surface area (Å²) in [4.78, 5) is 10.2. The summed E-state index contributed by atoms with van der Waals surface area (Å²) in [6.45, 7) is 2.23. The molecule has 0 aromatic heterocycles. The summed E-state index contributed by atoms with van der Waals surface area (Å²) in [6, 6.07) is 5.47. The van der Waals surface area contributed by atoms with Crippen molar-refractivity contribution in [3.05, 3.63) is 55.1 Å². The molecular weight excluding hydrogens is 518 g/mol. The Morgan fingerprint density at radius 3 is 2.67 bits per heavy atom. The number of nitro benzene ring substituents is 1. The molecule has 2 aromatic carbocycles. The molecule has 1 N–H and O–H groups in total. The van der Waals surface area contributed by atoms with Crippen molar-refractivity contribution in [1.29, 1.82) is 0 Å². The summed E-state index contributed by atoms with van der Waals surface area (Å²) in [5, 5.41) is 15.0. The summed E-state index contributed by atoms with van der Waals surface area (Å²) in [5.74, 6) is 3.27. The van der Waals surface area contributed by atoms with Crippen LogP contribution in [-0.2, 0) is 6.18 Å². The van der Waals surface area contributed by atoms with Crippen molar-refractivity contribution >= 4 is 40.2 Å². The Labute approximate surface area is 183 Å². The molecule has 11 heteroatoms. The fourth-order valence-corrected chi connectivity index (χ4v) is 3.09. The fraction of sp³-hybridized carbons (Fsp3) is 0.211. The molecular formula is C19H15F3IN3O4. The molecule has 2 rings (SSSR count). The number of halogens is 4. The largest absolute Gasteiger partial charge is 0.490 e. The first-order valence-electron chi connectivity index (χ1n) is 8.34. The van der Waals surface area contributed by atoms with E-state index in [2.05, 4.69) is 16.4 Å². The van der Waals surface area contributed by atoms with E-state index in [-0.39, 0.29) is 12.3 Å². The molecule has 0 heterocycles. The first-order chi connectivity index (χ1) is 14.2. The third kappa shape index (κ3) is 5.99. The normalized spacial score (nSPS) is 11.2. The van der Waals surface area contributed by atoms with Gasteiger partial charge in [-0.25, -0.2) is 0 Å². The second-order valence-electron chi connectivity index (χ2n) is 5.61. The fourth-order valence-electron chi connectivity index (χ4n) is 2.31. The number of terminal acetylenes is 1. The number of rotatable bonds is 8. The van der Waals surface area contributed by atoms with E-state index < -0.39 is 22.4 Å². The molecule has 0 amide bonds. The van der Waals surface area contributed by atoms with E-state index in [4.69, 9.17) is 15.9 Å². The van der Waals surface area contributed by atoms with Gasteiger partial charge in [-0.1, -0.05) is 5.92 Å². The van der Waals surface area contributed by atoms with Crippen molar-refractivity contribution in [2.45, 2.75) is 13.1 Å². The van der Waals surface area contributed by atoms with Crippen LogP contribution in [-0.4, -0.2) is 24.4 Å². The van der Waals surface area contributed by atoms with Crippen molar-refractivity contribution in [2.24, 2.45) is 5.10 Å². The molecule has 0 unspecified atom stereocenters. The average molecular weight is 533 g/mol. The van der Waals surface area contributed by atoms with E-state index in [1.54, 1.807) is 19.1 Å². The average Bonchev–Trinajstić information content (AvgIpc) is 2.67. The van der Waals surface area contributed by atoms with Crippen LogP contribution in [0.5, 0.6) is 11.5 Å². The first-order valence-corrected chi connectivity index (χ1v) is 9.42. The maximum absolute atomic E-state index is 12.8. The Bertz CT molecular complexity index is 1000. The number of nitro groups is 1. The first kappa shape index (κ1) is 23.3. The van der Waals surface area contributed by atoms with E-state index in [9.17, 15) is 23.3 Å². The van der Waals surface area contributed by atoms with Crippen molar-refractivity contribution in [3.63, 3.8) is 0 Å². The highest BCUT2D eigenvalue weighted by Crippen LogP contribution is 2.35. The van der Waals surface area contributed by atoms with Gasteiger partial charge in [0.1, 0.15) is 12.3 Å². The Balaban J connectivity index is 2.28. The molecule has 0 fully saturated rings. The molecule has 0 spiro atoms. The lowest BCUT2D eigenvalue weighted by molar-refractivity contribution is -0.384. The maximum Gasteiger partial charge on any atom is 0.416 e. The Hall–Kier alpha value is -3.01. The van der Waals surface area contributed by atoms with E-state index >= 15 is 0 Å². The number of alkyl halides is 3. The van der Waals surface area contributed by atoms with Crippen LogP contribution in [0.25, 0.3) is 0 Å². The lowest BCUT2D eigenvalue weighted by Crippen LogP contribution is -2.06. The molecule has 0 aliphatic heterocycles. The summed E-state index contributed by atoms with van der Waals surface area (Å²) < 4.78 is 50.0. The van der Waals surface area contributed by atoms with Gasteiger partial charge in [0.25, 0.3) is 5.69 Å². The number of hydrogen-bond donors (Lipinski definition) is 1. The predicted octanol–water partition coefficient (Wildman–Crippen LogP) is 5.07. The summed E-state index contributed by atoms with van der Waals surface area (Å²) in [7, 11) is 0. The van der Waals surface area contributed by atoms with Crippen LogP contribution < -0.4 is 14.9 Å². The van der Waals surface area contributed by atoms with Crippen LogP contribution in [0.3, 0.4) is 0 Å². The van der Waals surface area contributed by atoms with Gasteiger partial charge < -0.3 is 9.47 Å². The van der Waals surface area contributed by atoms with E-state index in [1.165, 1.54) is 6.21 Å². The molecule has 158 valence electrons. The molecule has 0 saturated heterocycles. The third-order valence-electron chi connectivity index (χ3n) is 3.55. The maximum atomic E-state index is 12.8. The number of anilines is 1. The van der Waals surface area contributed by atoms with Crippen LogP contribution in [0.2, 0.25) is 0 Å². The molecule has 2 aromatic rings. The van der Waals surface area contributed by atoms with Gasteiger partial charge >= 0.3 is 6.18 Å². The third-order valence-corrected chi connectivity index (χ3v) is 4.35. The predicted molar refractivity (Wildman–Crippen MR) is 114 cm³/mol. The number of hydrazone groups is 1. The quantitative estimate of drug-likeness (QED) is 0.168. The van der Waals surface area contributed by atoms with Gasteiger partial charge in [-0.05, 0) is 59.3 Å². The SMILES string of the molecule is C#CCOc1c(I)cc(/C=N\Nc2ccc(C(F)(F)F)cc2[N+](=O)[O-])cc1OCC. The van der Waals surface area contributed by atoms with Crippen LogP contribution in [0, 0.1) is 26.0 Å². The van der Waals surface area contributed by atoms with E-state index in [1.807, 2.05) is 22.6 Å². The Morgan fingerprint density at radius 2 is 2.07 bits per heavy atom. The molecule has 7 nitrogen and oxygen atoms in total. The van der Waals surface area contributed by atoms with Crippen molar-refractivity contribution in [2.75, 3.05) is 18.6 Å². The molecule has 0 bridgehead atoms. The molecule has 0 atom stereocenters. The molecule has 0 radical (unpaired) electrons. The lowest BCUT2D eigenvalue weighted by Gasteiger charge is -2.13. The second-order valence-corrected chi connectivity index (χ2v) is 6.77. The van der Waals surface area contributed by atoms with Gasteiger partial charge in [0.05, 0.1) is 26.9 Å². The molecule has 0 aliphatic carbocycles. The zero-order valence-corrected chi connectivity index (χ0v) is 17.7.